The molecule has 0 saturated carbocycles. The van der Waals surface area contributed by atoms with Crippen LogP contribution >= 0.6 is 0 Å². The lowest BCUT2D eigenvalue weighted by Gasteiger charge is -2.31. The maximum Gasteiger partial charge on any atom is 0.290 e. The van der Waals surface area contributed by atoms with Gasteiger partial charge in [0.25, 0.3) is 12.9 Å². The maximum atomic E-state index is 12.7. The number of hydrogen-bond donors (Lipinski definition) is 4. The minimum atomic E-state index is -0.250. The van der Waals surface area contributed by atoms with Gasteiger partial charge in [-0.15, -0.1) is 0 Å². The van der Waals surface area contributed by atoms with Crippen LogP contribution in [0, 0.1) is 17.8 Å². The zero-order valence-electron chi connectivity index (χ0n) is 20.3. The topological polar surface area (TPSA) is 157 Å². The number of anilines is 2. The first-order chi connectivity index (χ1) is 16.9. The van der Waals surface area contributed by atoms with Gasteiger partial charge >= 0.3 is 0 Å². The van der Waals surface area contributed by atoms with E-state index in [0.29, 0.717) is 11.8 Å². The lowest BCUT2D eigenvalue weighted by molar-refractivity contribution is -0.126. The summed E-state index contributed by atoms with van der Waals surface area (Å²) in [6, 6.07) is 1.88. The van der Waals surface area contributed by atoms with Gasteiger partial charge in [-0.05, 0) is 51.9 Å². The zero-order valence-corrected chi connectivity index (χ0v) is 20.3. The Kier molecular flexibility index (Phi) is 9.21. The molecule has 4 aliphatic heterocycles. The summed E-state index contributed by atoms with van der Waals surface area (Å²) in [6.45, 7) is 4.01. The lowest BCUT2D eigenvalue weighted by atomic mass is 9.73. The first kappa shape index (κ1) is 26.6. The molecule has 4 fully saturated rings. The van der Waals surface area contributed by atoms with Crippen molar-refractivity contribution in [2.45, 2.75) is 37.4 Å². The fourth-order valence-corrected chi connectivity index (χ4v) is 5.89. The van der Waals surface area contributed by atoms with Gasteiger partial charge < -0.3 is 35.4 Å². The number of rotatable bonds is 5. The summed E-state index contributed by atoms with van der Waals surface area (Å²) in [4.78, 5) is 43.1. The molecule has 1 amide bonds. The Balaban J connectivity index is 0.000000520. The van der Waals surface area contributed by atoms with E-state index in [1.807, 2.05) is 13.1 Å². The molecule has 4 N–H and O–H groups in total. The number of carboxylic acid groups (broad SMARTS) is 2. The predicted molar refractivity (Wildman–Crippen MR) is 128 cm³/mol. The molecule has 1 aromatic heterocycles. The summed E-state index contributed by atoms with van der Waals surface area (Å²) in [7, 11) is 4.00. The van der Waals surface area contributed by atoms with Gasteiger partial charge in [0, 0.05) is 44.1 Å². The van der Waals surface area contributed by atoms with Crippen LogP contribution < -0.4 is 15.5 Å². The van der Waals surface area contributed by atoms with Crippen molar-refractivity contribution in [3.63, 3.8) is 0 Å². The summed E-state index contributed by atoms with van der Waals surface area (Å²) < 4.78 is 6.53. The van der Waals surface area contributed by atoms with E-state index in [-0.39, 0.29) is 36.5 Å². The van der Waals surface area contributed by atoms with Crippen molar-refractivity contribution in [2.24, 2.45) is 17.8 Å². The summed E-state index contributed by atoms with van der Waals surface area (Å²) in [5.41, 5.74) is -0.0907. The van der Waals surface area contributed by atoms with E-state index in [2.05, 4.69) is 37.4 Å². The molecule has 0 radical (unpaired) electrons. The van der Waals surface area contributed by atoms with Gasteiger partial charge in [0.15, 0.2) is 0 Å². The highest BCUT2D eigenvalue weighted by molar-refractivity contribution is 5.78. The zero-order chi connectivity index (χ0) is 25.4. The molecule has 4 aliphatic rings. The van der Waals surface area contributed by atoms with Crippen molar-refractivity contribution < 1.29 is 29.3 Å². The van der Waals surface area contributed by atoms with E-state index < -0.39 is 0 Å². The number of likely N-dealkylation sites (tertiary alicyclic amines) is 1. The second-order valence-electron chi connectivity index (χ2n) is 9.44. The molecule has 5 heterocycles. The first-order valence-electron chi connectivity index (χ1n) is 12.0. The summed E-state index contributed by atoms with van der Waals surface area (Å²) in [5.74, 6) is 2.81. The molecule has 5 rings (SSSR count). The maximum absolute atomic E-state index is 12.7. The second-order valence-corrected chi connectivity index (χ2v) is 9.44. The number of fused-ring (bicyclic) bond motifs is 1. The monoisotopic (exact) mass is 492 g/mol. The van der Waals surface area contributed by atoms with Crippen LogP contribution in [-0.2, 0) is 19.1 Å². The van der Waals surface area contributed by atoms with Crippen molar-refractivity contribution in [1.82, 2.24) is 20.2 Å². The van der Waals surface area contributed by atoms with Crippen molar-refractivity contribution in [3.05, 3.63) is 12.3 Å². The number of piperidine rings is 1. The minimum Gasteiger partial charge on any atom is -0.483 e. The van der Waals surface area contributed by atoms with Gasteiger partial charge in [0.2, 0.25) is 11.9 Å². The van der Waals surface area contributed by atoms with E-state index in [0.717, 1.165) is 70.2 Å². The molecule has 12 heteroatoms. The third-order valence-corrected chi connectivity index (χ3v) is 7.57. The van der Waals surface area contributed by atoms with Crippen LogP contribution in [0.3, 0.4) is 0 Å². The van der Waals surface area contributed by atoms with Crippen LogP contribution in [0.2, 0.25) is 0 Å². The highest BCUT2D eigenvalue weighted by Crippen LogP contribution is 2.55. The molecule has 1 aromatic rings. The average molecular weight is 493 g/mol. The summed E-state index contributed by atoms with van der Waals surface area (Å²) in [5, 5.41) is 20.1. The van der Waals surface area contributed by atoms with Crippen molar-refractivity contribution >= 4 is 30.6 Å². The molecule has 194 valence electrons. The number of carbonyl (C=O) groups is 3. The number of ether oxygens (including phenoxy) is 1. The standard InChI is InChI=1S/C21H32N6O2.2CH2O2/c1-22-18-4-8-23-20(25-18)27-12-16-15(17-3-7-21(16,13-27)29-17)11-24-19(28)14-5-9-26(2)10-6-14;2*2-1-3/h4,8,14-17H,3,5-7,9-13H2,1-2H3,(H,24,28)(H,22,23,25);2*1H,(H,2,3)/t15-,16+,17+,21+;;/m0../s1. The Morgan fingerprint density at radius 2 is 1.94 bits per heavy atom. The molecule has 0 aliphatic carbocycles. The fourth-order valence-electron chi connectivity index (χ4n) is 5.89. The SMILES string of the molecule is CNc1ccnc(N2C[C@@H]3[C@H](CNC(=O)C4CCN(C)CC4)[C@H]4CC[C@]3(C2)O4)n1.O=CO.O=CO. The van der Waals surface area contributed by atoms with Crippen LogP contribution in [-0.4, -0.2) is 102 Å². The predicted octanol–water partition coefficient (Wildman–Crippen LogP) is 0.362. The smallest absolute Gasteiger partial charge is 0.290 e. The molecule has 2 bridgehead atoms. The lowest BCUT2D eigenvalue weighted by Crippen LogP contribution is -2.44. The minimum absolute atomic E-state index is 0.0907. The van der Waals surface area contributed by atoms with Gasteiger partial charge in [0.1, 0.15) is 5.82 Å². The molecule has 4 atom stereocenters. The molecular weight excluding hydrogens is 456 g/mol. The Bertz CT molecular complexity index is 861. The second kappa shape index (κ2) is 12.1. The number of amides is 1. The number of hydrogen-bond acceptors (Lipinski definition) is 9. The third-order valence-electron chi connectivity index (χ3n) is 7.57. The van der Waals surface area contributed by atoms with Crippen molar-refractivity contribution in [3.8, 4) is 0 Å². The van der Waals surface area contributed by atoms with E-state index in [1.165, 1.54) is 0 Å². The number of nitrogens with zero attached hydrogens (tertiary/aromatic N) is 4. The molecule has 12 nitrogen and oxygen atoms in total. The Hall–Kier alpha value is -2.99. The van der Waals surface area contributed by atoms with Crippen LogP contribution in [0.1, 0.15) is 25.7 Å². The van der Waals surface area contributed by atoms with Crippen LogP contribution in [0.25, 0.3) is 0 Å². The normalized spacial score (nSPS) is 29.2. The van der Waals surface area contributed by atoms with Crippen molar-refractivity contribution in [1.29, 1.82) is 0 Å². The molecule has 0 unspecified atom stereocenters. The quantitative estimate of drug-likeness (QED) is 0.421. The Labute approximate surface area is 205 Å². The van der Waals surface area contributed by atoms with Crippen LogP contribution in [0.4, 0.5) is 11.8 Å². The summed E-state index contributed by atoms with van der Waals surface area (Å²) in [6.07, 6.45) is 6.21. The summed E-state index contributed by atoms with van der Waals surface area (Å²) >= 11 is 0. The van der Waals surface area contributed by atoms with Crippen LogP contribution in [0.15, 0.2) is 12.3 Å². The van der Waals surface area contributed by atoms with Gasteiger partial charge in [-0.1, -0.05) is 0 Å². The third kappa shape index (κ3) is 5.99. The van der Waals surface area contributed by atoms with E-state index in [4.69, 9.17) is 24.5 Å². The number of carbonyl (C=O) groups excluding carboxylic acids is 1. The molecule has 35 heavy (non-hydrogen) atoms. The first-order valence-corrected chi connectivity index (χ1v) is 12.0. The largest absolute Gasteiger partial charge is 0.483 e. The Morgan fingerprint density at radius 3 is 2.60 bits per heavy atom. The molecular formula is C23H36N6O6. The number of nitrogens with one attached hydrogen (secondary N) is 2. The number of aromatic nitrogens is 2. The van der Waals surface area contributed by atoms with Gasteiger partial charge in [-0.25, -0.2) is 4.98 Å². The average Bonchev–Trinajstić information content (AvgIpc) is 3.53. The van der Waals surface area contributed by atoms with Gasteiger partial charge in [-0.3, -0.25) is 14.4 Å². The Morgan fingerprint density at radius 1 is 1.26 bits per heavy atom. The molecule has 0 aromatic carbocycles. The molecule has 1 spiro atoms. The highest BCUT2D eigenvalue weighted by Gasteiger charge is 2.63. The van der Waals surface area contributed by atoms with E-state index >= 15 is 0 Å². The molecule has 4 saturated heterocycles. The van der Waals surface area contributed by atoms with Crippen molar-refractivity contribution in [2.75, 3.05) is 57.0 Å². The van der Waals surface area contributed by atoms with Gasteiger partial charge in [0.05, 0.1) is 18.2 Å². The van der Waals surface area contributed by atoms with Gasteiger partial charge in [-0.2, -0.15) is 4.98 Å². The van der Waals surface area contributed by atoms with E-state index in [9.17, 15) is 4.79 Å². The highest BCUT2D eigenvalue weighted by atomic mass is 16.5. The van der Waals surface area contributed by atoms with E-state index in [1.54, 1.807) is 6.20 Å². The van der Waals surface area contributed by atoms with Crippen LogP contribution in [0.5, 0.6) is 0 Å². The fraction of sp³-hybridized carbons (Fsp3) is 0.696.